The number of carbonyl (C=O) groups is 1. The maximum Gasteiger partial charge on any atom is 0.251 e. The van der Waals surface area contributed by atoms with Crippen LogP contribution in [0.25, 0.3) is 0 Å². The van der Waals surface area contributed by atoms with Crippen molar-refractivity contribution in [2.75, 3.05) is 6.61 Å². The molecule has 4 heteroatoms. The van der Waals surface area contributed by atoms with Crippen LogP contribution in [0.4, 0.5) is 0 Å². The summed E-state index contributed by atoms with van der Waals surface area (Å²) in [6.45, 7) is 1.69. The van der Waals surface area contributed by atoms with Crippen molar-refractivity contribution in [3.63, 3.8) is 0 Å². The molecular weight excluding hydrogens is 246 g/mol. The number of aliphatic hydroxyl groups is 1. The van der Waals surface area contributed by atoms with Crippen LogP contribution in [0.5, 0.6) is 0 Å². The minimum atomic E-state index is -0.217. The number of aliphatic hydroxyl groups excluding tert-OH is 1. The minimum absolute atomic E-state index is 0.0533. The molecule has 3 nitrogen and oxygen atoms in total. The Kier molecular flexibility index (Phi) is 4.10. The van der Waals surface area contributed by atoms with Gasteiger partial charge in [0.25, 0.3) is 5.91 Å². The quantitative estimate of drug-likeness (QED) is 0.864. The van der Waals surface area contributed by atoms with E-state index < -0.39 is 0 Å². The summed E-state index contributed by atoms with van der Waals surface area (Å²) in [5.41, 5.74) is 0.591. The van der Waals surface area contributed by atoms with Gasteiger partial charge in [-0.1, -0.05) is 15.9 Å². The van der Waals surface area contributed by atoms with Crippen molar-refractivity contribution >= 4 is 21.8 Å². The number of halogens is 1. The molecular formula is C10H12BrNO2. The van der Waals surface area contributed by atoms with Gasteiger partial charge in [0, 0.05) is 16.1 Å². The Labute approximate surface area is 91.3 Å². The zero-order chi connectivity index (χ0) is 10.6. The number of hydrogen-bond donors (Lipinski definition) is 2. The lowest BCUT2D eigenvalue weighted by atomic mass is 10.2. The molecule has 0 spiro atoms. The molecule has 1 atom stereocenters. The third-order valence-electron chi connectivity index (χ3n) is 1.76. The summed E-state index contributed by atoms with van der Waals surface area (Å²) in [4.78, 5) is 11.5. The molecule has 1 unspecified atom stereocenters. The largest absolute Gasteiger partial charge is 0.394 e. The molecule has 1 rings (SSSR count). The molecule has 0 heterocycles. The fraction of sp³-hybridized carbons (Fsp3) is 0.300. The molecule has 1 amide bonds. The molecule has 0 aliphatic rings. The highest BCUT2D eigenvalue weighted by Gasteiger charge is 2.07. The lowest BCUT2D eigenvalue weighted by Gasteiger charge is -2.10. The molecule has 2 N–H and O–H groups in total. The van der Waals surface area contributed by atoms with Crippen LogP contribution >= 0.6 is 15.9 Å². The van der Waals surface area contributed by atoms with Crippen LogP contribution in [-0.2, 0) is 0 Å². The molecule has 1 aromatic rings. The van der Waals surface area contributed by atoms with Gasteiger partial charge in [0.05, 0.1) is 6.61 Å². The highest BCUT2D eigenvalue weighted by molar-refractivity contribution is 9.10. The molecule has 0 aliphatic carbocycles. The van der Waals surface area contributed by atoms with Crippen molar-refractivity contribution in [1.29, 1.82) is 0 Å². The Hall–Kier alpha value is -0.870. The molecule has 0 aliphatic heterocycles. The van der Waals surface area contributed by atoms with Gasteiger partial charge in [-0.3, -0.25) is 4.79 Å². The highest BCUT2D eigenvalue weighted by atomic mass is 79.9. The van der Waals surface area contributed by atoms with Crippen LogP contribution in [0.3, 0.4) is 0 Å². The smallest absolute Gasteiger partial charge is 0.251 e. The third-order valence-corrected chi connectivity index (χ3v) is 2.29. The first-order chi connectivity index (χ1) is 6.63. The van der Waals surface area contributed by atoms with E-state index in [2.05, 4.69) is 21.2 Å². The summed E-state index contributed by atoms with van der Waals surface area (Å²) < 4.78 is 0.934. The number of amides is 1. The van der Waals surface area contributed by atoms with Crippen molar-refractivity contribution in [2.45, 2.75) is 13.0 Å². The topological polar surface area (TPSA) is 49.3 Å². The van der Waals surface area contributed by atoms with E-state index >= 15 is 0 Å². The monoisotopic (exact) mass is 257 g/mol. The van der Waals surface area contributed by atoms with Gasteiger partial charge in [-0.05, 0) is 31.2 Å². The van der Waals surface area contributed by atoms with Gasteiger partial charge in [-0.15, -0.1) is 0 Å². The molecule has 0 fully saturated rings. The maximum atomic E-state index is 11.5. The van der Waals surface area contributed by atoms with Crippen LogP contribution in [0.2, 0.25) is 0 Å². The summed E-state index contributed by atoms with van der Waals surface area (Å²) in [6.07, 6.45) is 0. The molecule has 1 aromatic carbocycles. The van der Waals surface area contributed by atoms with E-state index in [-0.39, 0.29) is 18.6 Å². The zero-order valence-corrected chi connectivity index (χ0v) is 9.41. The maximum absolute atomic E-state index is 11.5. The summed E-state index contributed by atoms with van der Waals surface area (Å²) in [5, 5.41) is 11.4. The summed E-state index contributed by atoms with van der Waals surface area (Å²) in [7, 11) is 0. The van der Waals surface area contributed by atoms with E-state index in [4.69, 9.17) is 5.11 Å². The van der Waals surface area contributed by atoms with E-state index in [0.29, 0.717) is 5.56 Å². The van der Waals surface area contributed by atoms with Gasteiger partial charge in [0.2, 0.25) is 0 Å². The molecule has 0 radical (unpaired) electrons. The SMILES string of the molecule is CC(CO)NC(=O)c1ccc(Br)cc1. The van der Waals surface area contributed by atoms with Crippen LogP contribution in [0, 0.1) is 0 Å². The van der Waals surface area contributed by atoms with Crippen molar-refractivity contribution in [1.82, 2.24) is 5.32 Å². The van der Waals surface area contributed by atoms with E-state index in [1.165, 1.54) is 0 Å². The molecule has 0 bridgehead atoms. The summed E-state index contributed by atoms with van der Waals surface area (Å²) >= 11 is 3.29. The van der Waals surface area contributed by atoms with Crippen LogP contribution in [0.1, 0.15) is 17.3 Å². The van der Waals surface area contributed by atoms with Gasteiger partial charge >= 0.3 is 0 Å². The molecule has 0 saturated carbocycles. The van der Waals surface area contributed by atoms with Crippen molar-refractivity contribution in [2.24, 2.45) is 0 Å². The van der Waals surface area contributed by atoms with E-state index in [9.17, 15) is 4.79 Å². The second-order valence-electron chi connectivity index (χ2n) is 3.06. The summed E-state index contributed by atoms with van der Waals surface area (Å²) in [6, 6.07) is 6.84. The second-order valence-corrected chi connectivity index (χ2v) is 3.98. The van der Waals surface area contributed by atoms with Crippen LogP contribution in [0.15, 0.2) is 28.7 Å². The van der Waals surface area contributed by atoms with Crippen molar-refractivity contribution < 1.29 is 9.90 Å². The van der Waals surface area contributed by atoms with Crippen molar-refractivity contribution in [3.8, 4) is 0 Å². The first-order valence-electron chi connectivity index (χ1n) is 4.30. The van der Waals surface area contributed by atoms with E-state index in [1.807, 2.05) is 0 Å². The number of rotatable bonds is 3. The lowest BCUT2D eigenvalue weighted by Crippen LogP contribution is -2.34. The van der Waals surface area contributed by atoms with Gasteiger partial charge in [0.15, 0.2) is 0 Å². The summed E-state index contributed by atoms with van der Waals surface area (Å²) in [5.74, 6) is -0.168. The first-order valence-corrected chi connectivity index (χ1v) is 5.10. The Morgan fingerprint density at radius 1 is 1.50 bits per heavy atom. The first kappa shape index (κ1) is 11.2. The normalized spacial score (nSPS) is 12.2. The molecule has 14 heavy (non-hydrogen) atoms. The standard InChI is InChI=1S/C10H12BrNO2/c1-7(6-13)12-10(14)8-2-4-9(11)5-3-8/h2-5,7,13H,6H2,1H3,(H,12,14). The Balaban J connectivity index is 2.65. The van der Waals surface area contributed by atoms with E-state index in [1.54, 1.807) is 31.2 Å². The predicted molar refractivity (Wildman–Crippen MR) is 58.2 cm³/mol. The fourth-order valence-corrected chi connectivity index (χ4v) is 1.22. The number of nitrogens with one attached hydrogen (secondary N) is 1. The van der Waals surface area contributed by atoms with Crippen molar-refractivity contribution in [3.05, 3.63) is 34.3 Å². The number of benzene rings is 1. The second kappa shape index (κ2) is 5.12. The van der Waals surface area contributed by atoms with Gasteiger partial charge < -0.3 is 10.4 Å². The Morgan fingerprint density at radius 3 is 2.57 bits per heavy atom. The average molecular weight is 258 g/mol. The van der Waals surface area contributed by atoms with Gasteiger partial charge in [-0.25, -0.2) is 0 Å². The number of carbonyl (C=O) groups excluding carboxylic acids is 1. The predicted octanol–water partition coefficient (Wildman–Crippen LogP) is 1.56. The van der Waals surface area contributed by atoms with Gasteiger partial charge in [-0.2, -0.15) is 0 Å². The Morgan fingerprint density at radius 2 is 2.07 bits per heavy atom. The average Bonchev–Trinajstić information content (AvgIpc) is 2.18. The minimum Gasteiger partial charge on any atom is -0.394 e. The highest BCUT2D eigenvalue weighted by Crippen LogP contribution is 2.10. The third kappa shape index (κ3) is 3.12. The lowest BCUT2D eigenvalue weighted by molar-refractivity contribution is 0.0922. The van der Waals surface area contributed by atoms with Gasteiger partial charge in [0.1, 0.15) is 0 Å². The molecule has 76 valence electrons. The van der Waals surface area contributed by atoms with Crippen LogP contribution in [-0.4, -0.2) is 23.7 Å². The molecule has 0 saturated heterocycles. The molecule has 0 aromatic heterocycles. The van der Waals surface area contributed by atoms with Crippen LogP contribution < -0.4 is 5.32 Å². The fourth-order valence-electron chi connectivity index (χ4n) is 0.954. The van der Waals surface area contributed by atoms with E-state index in [0.717, 1.165) is 4.47 Å². The Bertz CT molecular complexity index is 310. The zero-order valence-electron chi connectivity index (χ0n) is 7.83. The number of hydrogen-bond acceptors (Lipinski definition) is 2.